The number of benzene rings is 2. The Labute approximate surface area is 203 Å². The van der Waals surface area contributed by atoms with Crippen LogP contribution in [0.5, 0.6) is 5.75 Å². The zero-order valence-corrected chi connectivity index (χ0v) is 21.3. The summed E-state index contributed by atoms with van der Waals surface area (Å²) in [6, 6.07) is 11.7. The van der Waals surface area contributed by atoms with Crippen LogP contribution in [0.3, 0.4) is 0 Å². The van der Waals surface area contributed by atoms with Gasteiger partial charge >= 0.3 is 0 Å². The number of para-hydroxylation sites is 1. The Kier molecular flexibility index (Phi) is 8.69. The minimum atomic E-state index is -3.61. The van der Waals surface area contributed by atoms with Crippen LogP contribution in [0.2, 0.25) is 5.02 Å². The lowest BCUT2D eigenvalue weighted by Crippen LogP contribution is -2.34. The average Bonchev–Trinajstić information content (AvgIpc) is 3.20. The molecule has 3 rings (SSSR count). The molecule has 0 aliphatic carbocycles. The molecule has 0 bridgehead atoms. The van der Waals surface area contributed by atoms with Gasteiger partial charge in [-0.15, -0.1) is 0 Å². The van der Waals surface area contributed by atoms with E-state index in [1.807, 2.05) is 44.1 Å². The number of hydrogen-bond donors (Lipinski definition) is 0. The molecule has 1 aromatic heterocycles. The third kappa shape index (κ3) is 6.66. The predicted octanol–water partition coefficient (Wildman–Crippen LogP) is 4.50. The van der Waals surface area contributed by atoms with Crippen LogP contribution in [0.25, 0.3) is 10.2 Å². The molecule has 0 fully saturated rings. The molecule has 0 N–H and O–H groups in total. The summed E-state index contributed by atoms with van der Waals surface area (Å²) in [7, 11) is 0.326. The molecule has 0 aliphatic rings. The molecule has 0 aliphatic heterocycles. The SMILES string of the molecule is CCOc1cccc2sc(N(CCCN(C)C)C(=O)CCS(=O)(=O)c3ccc(Cl)cc3)nc12. The van der Waals surface area contributed by atoms with E-state index in [9.17, 15) is 13.2 Å². The van der Waals surface area contributed by atoms with Gasteiger partial charge in [0.1, 0.15) is 11.3 Å². The number of ether oxygens (including phenoxy) is 1. The number of thiazole rings is 1. The van der Waals surface area contributed by atoms with Crippen LogP contribution in [0.4, 0.5) is 5.13 Å². The van der Waals surface area contributed by atoms with Crippen LogP contribution in [0.1, 0.15) is 19.8 Å². The summed E-state index contributed by atoms with van der Waals surface area (Å²) < 4.78 is 32.0. The highest BCUT2D eigenvalue weighted by Crippen LogP contribution is 2.34. The number of aromatic nitrogens is 1. The molecule has 1 amide bonds. The Bertz CT molecular complexity index is 1190. The lowest BCUT2D eigenvalue weighted by atomic mass is 10.3. The molecule has 1 heterocycles. The van der Waals surface area contributed by atoms with Crippen molar-refractivity contribution in [3.8, 4) is 5.75 Å². The van der Waals surface area contributed by atoms with Crippen molar-refractivity contribution in [1.82, 2.24) is 9.88 Å². The highest BCUT2D eigenvalue weighted by atomic mass is 35.5. The summed E-state index contributed by atoms with van der Waals surface area (Å²) in [5, 5.41) is 1.00. The van der Waals surface area contributed by atoms with E-state index < -0.39 is 9.84 Å². The van der Waals surface area contributed by atoms with E-state index in [-0.39, 0.29) is 23.0 Å². The molecule has 10 heteroatoms. The Balaban J connectivity index is 1.82. The molecular formula is C23H28ClN3O4S2. The zero-order chi connectivity index (χ0) is 24.0. The van der Waals surface area contributed by atoms with E-state index >= 15 is 0 Å². The molecule has 0 spiro atoms. The van der Waals surface area contributed by atoms with Gasteiger partial charge in [-0.25, -0.2) is 13.4 Å². The monoisotopic (exact) mass is 509 g/mol. The highest BCUT2D eigenvalue weighted by Gasteiger charge is 2.24. The van der Waals surface area contributed by atoms with Crippen LogP contribution >= 0.6 is 22.9 Å². The van der Waals surface area contributed by atoms with Crippen molar-refractivity contribution in [1.29, 1.82) is 0 Å². The topological polar surface area (TPSA) is 79.8 Å². The Morgan fingerprint density at radius 1 is 1.12 bits per heavy atom. The molecule has 0 saturated heterocycles. The quantitative estimate of drug-likeness (QED) is 0.378. The third-order valence-electron chi connectivity index (χ3n) is 4.95. The maximum atomic E-state index is 13.2. The van der Waals surface area contributed by atoms with Crippen molar-refractivity contribution in [3.63, 3.8) is 0 Å². The number of nitrogens with zero attached hydrogens (tertiary/aromatic N) is 3. The van der Waals surface area contributed by atoms with E-state index in [4.69, 9.17) is 16.3 Å². The average molecular weight is 510 g/mol. The number of hydrogen-bond acceptors (Lipinski definition) is 7. The van der Waals surface area contributed by atoms with Gasteiger partial charge < -0.3 is 9.64 Å². The van der Waals surface area contributed by atoms with E-state index in [1.54, 1.807) is 4.90 Å². The van der Waals surface area contributed by atoms with Gasteiger partial charge in [-0.1, -0.05) is 29.0 Å². The van der Waals surface area contributed by atoms with Crippen LogP contribution in [-0.4, -0.2) is 63.8 Å². The molecule has 3 aromatic rings. The summed E-state index contributed by atoms with van der Waals surface area (Å²) in [5.74, 6) is 0.110. The number of fused-ring (bicyclic) bond motifs is 1. The standard InChI is InChI=1S/C23H28ClN3O4S2/c1-4-31-19-7-5-8-20-22(19)25-23(32-20)27(15-6-14-26(2)3)21(28)13-16-33(29,30)18-11-9-17(24)10-12-18/h5,7-12H,4,6,13-16H2,1-3H3. The maximum Gasteiger partial charge on any atom is 0.229 e. The minimum Gasteiger partial charge on any atom is -0.492 e. The van der Waals surface area contributed by atoms with Gasteiger partial charge in [-0.05, 0) is 70.4 Å². The van der Waals surface area contributed by atoms with Gasteiger partial charge in [-0.3, -0.25) is 9.69 Å². The third-order valence-corrected chi connectivity index (χ3v) is 7.97. The van der Waals surface area contributed by atoms with Gasteiger partial charge in [0.2, 0.25) is 5.91 Å². The molecule has 178 valence electrons. The second-order valence-electron chi connectivity index (χ2n) is 7.76. The number of anilines is 1. The van der Waals surface area contributed by atoms with Crippen molar-refractivity contribution >= 4 is 54.0 Å². The van der Waals surface area contributed by atoms with E-state index in [0.29, 0.717) is 34.6 Å². The van der Waals surface area contributed by atoms with Crippen LogP contribution < -0.4 is 9.64 Å². The largest absolute Gasteiger partial charge is 0.492 e. The first-order valence-corrected chi connectivity index (χ1v) is 13.5. The first-order chi connectivity index (χ1) is 15.7. The minimum absolute atomic E-state index is 0.138. The van der Waals surface area contributed by atoms with E-state index in [2.05, 4.69) is 4.98 Å². The van der Waals surface area contributed by atoms with E-state index in [0.717, 1.165) is 17.7 Å². The summed E-state index contributed by atoms with van der Waals surface area (Å²) in [6.45, 7) is 3.66. The smallest absolute Gasteiger partial charge is 0.229 e. The Morgan fingerprint density at radius 3 is 2.52 bits per heavy atom. The highest BCUT2D eigenvalue weighted by molar-refractivity contribution is 7.91. The van der Waals surface area contributed by atoms with E-state index in [1.165, 1.54) is 35.6 Å². The zero-order valence-electron chi connectivity index (χ0n) is 19.0. The van der Waals surface area contributed by atoms with Crippen molar-refractivity contribution < 1.29 is 17.9 Å². The molecule has 2 aromatic carbocycles. The summed E-state index contributed by atoms with van der Waals surface area (Å²) in [4.78, 5) is 21.7. The van der Waals surface area contributed by atoms with Crippen LogP contribution in [-0.2, 0) is 14.6 Å². The van der Waals surface area contributed by atoms with Gasteiger partial charge in [0.15, 0.2) is 15.0 Å². The van der Waals surface area contributed by atoms with Gasteiger partial charge in [0, 0.05) is 18.0 Å². The normalized spacial score (nSPS) is 11.8. The number of carbonyl (C=O) groups excluding carboxylic acids is 1. The molecule has 0 atom stereocenters. The Morgan fingerprint density at radius 2 is 1.85 bits per heavy atom. The van der Waals surface area contributed by atoms with Crippen molar-refractivity contribution in [2.45, 2.75) is 24.7 Å². The molecule has 0 unspecified atom stereocenters. The van der Waals surface area contributed by atoms with Crippen molar-refractivity contribution in [2.24, 2.45) is 0 Å². The molecule has 0 radical (unpaired) electrons. The van der Waals surface area contributed by atoms with Crippen LogP contribution in [0.15, 0.2) is 47.4 Å². The number of sulfone groups is 1. The second kappa shape index (κ2) is 11.3. The maximum absolute atomic E-state index is 13.2. The van der Waals surface area contributed by atoms with Gasteiger partial charge in [0.05, 0.1) is 22.0 Å². The molecule has 7 nitrogen and oxygen atoms in total. The molecule has 0 saturated carbocycles. The number of halogens is 1. The summed E-state index contributed by atoms with van der Waals surface area (Å²) >= 11 is 7.26. The van der Waals surface area contributed by atoms with Gasteiger partial charge in [-0.2, -0.15) is 0 Å². The molecule has 33 heavy (non-hydrogen) atoms. The fourth-order valence-electron chi connectivity index (χ4n) is 3.29. The Hall–Kier alpha value is -2.20. The summed E-state index contributed by atoms with van der Waals surface area (Å²) in [5.41, 5.74) is 0.707. The molecular weight excluding hydrogens is 482 g/mol. The number of amides is 1. The first-order valence-electron chi connectivity index (χ1n) is 10.7. The second-order valence-corrected chi connectivity index (χ2v) is 11.3. The number of carbonyl (C=O) groups is 1. The fraction of sp³-hybridized carbons (Fsp3) is 0.391. The van der Waals surface area contributed by atoms with Gasteiger partial charge in [0.25, 0.3) is 0 Å². The fourth-order valence-corrected chi connectivity index (χ4v) is 5.67. The first kappa shape index (κ1) is 25.4. The lowest BCUT2D eigenvalue weighted by molar-refractivity contribution is -0.118. The van der Waals surface area contributed by atoms with Crippen molar-refractivity contribution in [3.05, 3.63) is 47.5 Å². The van der Waals surface area contributed by atoms with Crippen LogP contribution in [0, 0.1) is 0 Å². The summed E-state index contributed by atoms with van der Waals surface area (Å²) in [6.07, 6.45) is 0.595. The lowest BCUT2D eigenvalue weighted by Gasteiger charge is -2.21. The predicted molar refractivity (Wildman–Crippen MR) is 134 cm³/mol. The van der Waals surface area contributed by atoms with Crippen molar-refractivity contribution in [2.75, 3.05) is 44.4 Å². The number of rotatable bonds is 11.